The summed E-state index contributed by atoms with van der Waals surface area (Å²) in [6.45, 7) is 2.31. The van der Waals surface area contributed by atoms with E-state index in [1.807, 2.05) is 18.4 Å². The van der Waals surface area contributed by atoms with Gasteiger partial charge in [-0.15, -0.1) is 22.7 Å². The second-order valence-electron chi connectivity index (χ2n) is 4.40. The van der Waals surface area contributed by atoms with Gasteiger partial charge in [-0.1, -0.05) is 6.92 Å². The number of anilines is 1. The monoisotopic (exact) mass is 342 g/mol. The van der Waals surface area contributed by atoms with Gasteiger partial charge in [0.1, 0.15) is 0 Å². The second-order valence-corrected chi connectivity index (χ2v) is 7.96. The topological polar surface area (TPSA) is 89.5 Å². The molecule has 3 heterocycles. The fourth-order valence-corrected chi connectivity index (χ4v) is 5.10. The van der Waals surface area contributed by atoms with Crippen molar-refractivity contribution in [3.63, 3.8) is 0 Å². The van der Waals surface area contributed by atoms with Crippen molar-refractivity contribution in [2.45, 2.75) is 24.9 Å². The molecule has 0 saturated heterocycles. The Morgan fingerprint density at radius 2 is 2.19 bits per heavy atom. The molecule has 9 heteroatoms. The summed E-state index contributed by atoms with van der Waals surface area (Å²) in [5, 5.41) is 3.75. The zero-order valence-corrected chi connectivity index (χ0v) is 13.7. The highest BCUT2D eigenvalue weighted by molar-refractivity contribution is 7.89. The van der Waals surface area contributed by atoms with Crippen molar-refractivity contribution in [1.29, 1.82) is 0 Å². The molecular weight excluding hydrogens is 328 g/mol. The first-order valence-corrected chi connectivity index (χ1v) is 9.53. The van der Waals surface area contributed by atoms with Crippen molar-refractivity contribution in [1.82, 2.24) is 14.1 Å². The standard InChI is InChI=1S/C12H14N4O2S3/c1-2-8-3-5-19-9(8)7-14-21(17,18)11-10(13)15-12-16(11)4-6-20-12/h3-6,14H,2,7,13H2,1H3. The van der Waals surface area contributed by atoms with Crippen LogP contribution < -0.4 is 10.5 Å². The molecule has 0 bridgehead atoms. The largest absolute Gasteiger partial charge is 0.381 e. The summed E-state index contributed by atoms with van der Waals surface area (Å²) < 4.78 is 29.1. The average molecular weight is 342 g/mol. The van der Waals surface area contributed by atoms with Gasteiger partial charge in [-0.2, -0.15) is 0 Å². The number of thiazole rings is 1. The number of fused-ring (bicyclic) bond motifs is 1. The van der Waals surface area contributed by atoms with Crippen LogP contribution in [0, 0.1) is 0 Å². The molecule has 0 aliphatic carbocycles. The predicted molar refractivity (Wildman–Crippen MR) is 85.2 cm³/mol. The molecule has 0 saturated carbocycles. The molecule has 3 aromatic heterocycles. The summed E-state index contributed by atoms with van der Waals surface area (Å²) in [6, 6.07) is 2.01. The molecule has 0 radical (unpaired) electrons. The van der Waals surface area contributed by atoms with Crippen molar-refractivity contribution in [2.24, 2.45) is 0 Å². The minimum atomic E-state index is -3.71. The Balaban J connectivity index is 1.90. The second kappa shape index (κ2) is 5.41. The fraction of sp³-hybridized carbons (Fsp3) is 0.250. The number of nitrogens with one attached hydrogen (secondary N) is 1. The van der Waals surface area contributed by atoms with Gasteiger partial charge >= 0.3 is 0 Å². The number of hydrogen-bond acceptors (Lipinski definition) is 6. The first kappa shape index (κ1) is 14.5. The summed E-state index contributed by atoms with van der Waals surface area (Å²) in [6.07, 6.45) is 2.53. The predicted octanol–water partition coefficient (Wildman–Crippen LogP) is 2.08. The maximum absolute atomic E-state index is 12.5. The van der Waals surface area contributed by atoms with Gasteiger partial charge in [-0.3, -0.25) is 4.40 Å². The van der Waals surface area contributed by atoms with Gasteiger partial charge in [0, 0.05) is 23.0 Å². The van der Waals surface area contributed by atoms with Gasteiger partial charge in [-0.05, 0) is 23.4 Å². The maximum atomic E-state index is 12.5. The molecule has 0 atom stereocenters. The lowest BCUT2D eigenvalue weighted by molar-refractivity contribution is 0.577. The molecule has 112 valence electrons. The van der Waals surface area contributed by atoms with Crippen LogP contribution in [0.5, 0.6) is 0 Å². The zero-order valence-electron chi connectivity index (χ0n) is 11.2. The SMILES string of the molecule is CCc1ccsc1CNS(=O)(=O)c1c(N)nc2sccn12. The van der Waals surface area contributed by atoms with Crippen molar-refractivity contribution in [2.75, 3.05) is 5.73 Å². The van der Waals surface area contributed by atoms with Crippen LogP contribution in [0.3, 0.4) is 0 Å². The first-order valence-electron chi connectivity index (χ1n) is 6.29. The van der Waals surface area contributed by atoms with E-state index in [1.54, 1.807) is 22.9 Å². The molecule has 3 aromatic rings. The Bertz CT molecular complexity index is 875. The minimum absolute atomic E-state index is 0.00774. The molecule has 0 fully saturated rings. The number of nitrogens with zero attached hydrogens (tertiary/aromatic N) is 2. The number of hydrogen-bond donors (Lipinski definition) is 2. The van der Waals surface area contributed by atoms with Gasteiger partial charge < -0.3 is 5.73 Å². The van der Waals surface area contributed by atoms with E-state index in [-0.39, 0.29) is 17.4 Å². The fourth-order valence-electron chi connectivity index (χ4n) is 2.11. The quantitative estimate of drug-likeness (QED) is 0.743. The van der Waals surface area contributed by atoms with E-state index in [1.165, 1.54) is 15.7 Å². The molecule has 0 spiro atoms. The number of sulfonamides is 1. The van der Waals surface area contributed by atoms with Crippen LogP contribution in [0.2, 0.25) is 0 Å². The molecule has 0 aromatic carbocycles. The summed E-state index contributed by atoms with van der Waals surface area (Å²) in [7, 11) is -3.71. The van der Waals surface area contributed by atoms with E-state index < -0.39 is 10.0 Å². The number of aryl methyl sites for hydroxylation is 1. The summed E-state index contributed by atoms with van der Waals surface area (Å²) in [5.74, 6) is 0.0243. The number of nitrogens with two attached hydrogens (primary N) is 1. The summed E-state index contributed by atoms with van der Waals surface area (Å²) in [4.78, 5) is 5.65. The summed E-state index contributed by atoms with van der Waals surface area (Å²) in [5.41, 5.74) is 6.90. The Morgan fingerprint density at radius 1 is 1.38 bits per heavy atom. The highest BCUT2D eigenvalue weighted by Gasteiger charge is 2.24. The highest BCUT2D eigenvalue weighted by atomic mass is 32.2. The van der Waals surface area contributed by atoms with E-state index in [2.05, 4.69) is 9.71 Å². The number of imidazole rings is 1. The van der Waals surface area contributed by atoms with E-state index in [4.69, 9.17) is 5.73 Å². The zero-order chi connectivity index (χ0) is 15.0. The van der Waals surface area contributed by atoms with E-state index >= 15 is 0 Å². The molecule has 3 N–H and O–H groups in total. The Hall–Kier alpha value is -1.42. The number of rotatable bonds is 5. The molecule has 0 amide bonds. The molecular formula is C12H14N4O2S3. The third-order valence-electron chi connectivity index (χ3n) is 3.14. The van der Waals surface area contributed by atoms with Gasteiger partial charge in [-0.25, -0.2) is 18.1 Å². The van der Waals surface area contributed by atoms with Gasteiger partial charge in [0.15, 0.2) is 15.8 Å². The number of nitrogen functional groups attached to an aromatic ring is 1. The smallest absolute Gasteiger partial charge is 0.260 e. The molecule has 0 aliphatic rings. The number of aromatic nitrogens is 2. The minimum Gasteiger partial charge on any atom is -0.381 e. The van der Waals surface area contributed by atoms with Crippen molar-refractivity contribution < 1.29 is 8.42 Å². The molecule has 6 nitrogen and oxygen atoms in total. The van der Waals surface area contributed by atoms with E-state index in [0.29, 0.717) is 4.96 Å². The van der Waals surface area contributed by atoms with Crippen molar-refractivity contribution >= 4 is 43.5 Å². The van der Waals surface area contributed by atoms with Crippen LogP contribution in [0.4, 0.5) is 5.82 Å². The Morgan fingerprint density at radius 3 is 2.95 bits per heavy atom. The van der Waals surface area contributed by atoms with Crippen LogP contribution in [0.25, 0.3) is 4.96 Å². The van der Waals surface area contributed by atoms with Crippen LogP contribution in [0.15, 0.2) is 28.0 Å². The van der Waals surface area contributed by atoms with Crippen molar-refractivity contribution in [3.05, 3.63) is 33.5 Å². The molecule has 3 rings (SSSR count). The van der Waals surface area contributed by atoms with E-state index in [9.17, 15) is 8.42 Å². The molecule has 0 unspecified atom stereocenters. The lowest BCUT2D eigenvalue weighted by Crippen LogP contribution is -2.25. The van der Waals surface area contributed by atoms with Gasteiger partial charge in [0.25, 0.3) is 10.0 Å². The van der Waals surface area contributed by atoms with Crippen LogP contribution in [-0.2, 0) is 23.0 Å². The summed E-state index contributed by atoms with van der Waals surface area (Å²) >= 11 is 2.89. The first-order chi connectivity index (χ1) is 10.0. The van der Waals surface area contributed by atoms with Gasteiger partial charge in [0.05, 0.1) is 0 Å². The third kappa shape index (κ3) is 2.57. The number of thiophene rings is 1. The van der Waals surface area contributed by atoms with Crippen LogP contribution >= 0.6 is 22.7 Å². The Labute approximate surface area is 130 Å². The molecule has 0 aliphatic heterocycles. The Kier molecular flexibility index (Phi) is 3.74. The highest BCUT2D eigenvalue weighted by Crippen LogP contribution is 2.24. The molecule has 21 heavy (non-hydrogen) atoms. The van der Waals surface area contributed by atoms with Crippen LogP contribution in [-0.4, -0.2) is 17.8 Å². The van der Waals surface area contributed by atoms with Gasteiger partial charge in [0.2, 0.25) is 0 Å². The lowest BCUT2D eigenvalue weighted by Gasteiger charge is -2.06. The lowest BCUT2D eigenvalue weighted by atomic mass is 10.2. The normalized spacial score (nSPS) is 12.2. The maximum Gasteiger partial charge on any atom is 0.260 e. The average Bonchev–Trinajstić information content (AvgIpc) is 3.10. The third-order valence-corrected chi connectivity index (χ3v) is 6.30. The van der Waals surface area contributed by atoms with Crippen LogP contribution in [0.1, 0.15) is 17.4 Å². The van der Waals surface area contributed by atoms with Crippen molar-refractivity contribution in [3.8, 4) is 0 Å². The van der Waals surface area contributed by atoms with E-state index in [0.717, 1.165) is 16.9 Å².